The van der Waals surface area contributed by atoms with Crippen molar-refractivity contribution in [3.8, 4) is 5.75 Å². The number of ether oxygens (including phenoxy) is 5. The van der Waals surface area contributed by atoms with E-state index in [9.17, 15) is 4.79 Å². The summed E-state index contributed by atoms with van der Waals surface area (Å²) < 4.78 is 28.9. The minimum Gasteiger partial charge on any atom is -0.497 e. The van der Waals surface area contributed by atoms with Crippen molar-refractivity contribution in [3.05, 3.63) is 65.7 Å². The van der Waals surface area contributed by atoms with Crippen molar-refractivity contribution in [2.75, 3.05) is 7.11 Å². The molecule has 162 valence electrons. The Morgan fingerprint density at radius 2 is 1.57 bits per heavy atom. The molecule has 2 aromatic carbocycles. The summed E-state index contributed by atoms with van der Waals surface area (Å²) in [5, 5.41) is 0. The zero-order valence-electron chi connectivity index (χ0n) is 17.9. The molecule has 6 heteroatoms. The molecule has 0 bridgehead atoms. The summed E-state index contributed by atoms with van der Waals surface area (Å²) in [4.78, 5) is 13.1. The van der Waals surface area contributed by atoms with Gasteiger partial charge in [0.05, 0.1) is 32.5 Å². The average Bonchev–Trinajstić information content (AvgIpc) is 2.75. The van der Waals surface area contributed by atoms with E-state index in [1.165, 1.54) is 0 Å². The summed E-state index contributed by atoms with van der Waals surface area (Å²) in [7, 11) is 1.63. The van der Waals surface area contributed by atoms with Crippen LogP contribution in [0.25, 0.3) is 0 Å². The second-order valence-corrected chi connectivity index (χ2v) is 7.60. The highest BCUT2D eigenvalue weighted by atomic mass is 16.7. The van der Waals surface area contributed by atoms with E-state index in [1.54, 1.807) is 7.11 Å². The van der Waals surface area contributed by atoms with Crippen LogP contribution < -0.4 is 4.74 Å². The van der Waals surface area contributed by atoms with Crippen LogP contribution in [0.1, 0.15) is 31.9 Å². The summed E-state index contributed by atoms with van der Waals surface area (Å²) >= 11 is 0. The molecule has 0 amide bonds. The number of carbonyl (C=O) groups is 1. The molecule has 4 atom stereocenters. The molecule has 1 aliphatic rings. The minimum atomic E-state index is -0.957. The lowest BCUT2D eigenvalue weighted by Crippen LogP contribution is -2.57. The van der Waals surface area contributed by atoms with E-state index in [2.05, 4.69) is 0 Å². The highest BCUT2D eigenvalue weighted by Crippen LogP contribution is 2.26. The van der Waals surface area contributed by atoms with E-state index in [1.807, 2.05) is 75.4 Å². The third-order valence-corrected chi connectivity index (χ3v) is 4.88. The fourth-order valence-electron chi connectivity index (χ4n) is 3.30. The summed E-state index contributed by atoms with van der Waals surface area (Å²) in [6.07, 6.45) is -2.80. The van der Waals surface area contributed by atoms with Gasteiger partial charge in [-0.2, -0.15) is 0 Å². The maximum absolute atomic E-state index is 13.1. The fraction of sp³-hybridized carbons (Fsp3) is 0.458. The third-order valence-electron chi connectivity index (χ3n) is 4.88. The van der Waals surface area contributed by atoms with Crippen LogP contribution in [0, 0.1) is 0 Å². The summed E-state index contributed by atoms with van der Waals surface area (Å²) in [5.41, 5.74) is 1.96. The first kappa shape index (κ1) is 22.4. The zero-order chi connectivity index (χ0) is 21.5. The van der Waals surface area contributed by atoms with Gasteiger partial charge >= 0.3 is 0 Å². The predicted octanol–water partition coefficient (Wildman–Crippen LogP) is 3.90. The van der Waals surface area contributed by atoms with E-state index in [0.717, 1.165) is 16.9 Å². The third kappa shape index (κ3) is 5.89. The molecule has 30 heavy (non-hydrogen) atoms. The summed E-state index contributed by atoms with van der Waals surface area (Å²) in [6, 6.07) is 17.4. The second-order valence-electron chi connectivity index (χ2n) is 7.60. The first-order chi connectivity index (χ1) is 14.5. The van der Waals surface area contributed by atoms with Crippen LogP contribution in [0.5, 0.6) is 5.75 Å². The zero-order valence-corrected chi connectivity index (χ0v) is 17.9. The Labute approximate surface area is 178 Å². The van der Waals surface area contributed by atoms with Crippen LogP contribution in [0.2, 0.25) is 0 Å². The van der Waals surface area contributed by atoms with Gasteiger partial charge in [-0.1, -0.05) is 42.5 Å². The molecule has 0 spiro atoms. The van der Waals surface area contributed by atoms with Crippen LogP contribution in [-0.2, 0) is 37.0 Å². The standard InChI is InChI=1S/C24H30O6/c1-16(2)29-24-21(25)23(28-14-18-8-6-5-7-9-18)22(17(3)30-24)27-15-19-10-12-20(26-4)13-11-19/h5-13,16-17,22-24H,14-15H2,1-4H3/t17-,22-,23-,24-/m0/s1. The van der Waals surface area contributed by atoms with Gasteiger partial charge in [0.2, 0.25) is 12.1 Å². The molecule has 0 saturated carbocycles. The Morgan fingerprint density at radius 1 is 0.933 bits per heavy atom. The largest absolute Gasteiger partial charge is 0.497 e. The summed E-state index contributed by atoms with van der Waals surface area (Å²) in [5.74, 6) is 0.526. The molecule has 0 N–H and O–H groups in total. The van der Waals surface area contributed by atoms with Crippen molar-refractivity contribution in [1.82, 2.24) is 0 Å². The Bertz CT molecular complexity index is 789. The number of hydrogen-bond donors (Lipinski definition) is 0. The van der Waals surface area contributed by atoms with Crippen molar-refractivity contribution < 1.29 is 28.5 Å². The van der Waals surface area contributed by atoms with Crippen molar-refractivity contribution in [1.29, 1.82) is 0 Å². The van der Waals surface area contributed by atoms with Gasteiger partial charge in [0, 0.05) is 0 Å². The van der Waals surface area contributed by atoms with Crippen LogP contribution in [0.3, 0.4) is 0 Å². The molecule has 1 heterocycles. The molecular weight excluding hydrogens is 384 g/mol. The topological polar surface area (TPSA) is 63.2 Å². The maximum atomic E-state index is 13.1. The van der Waals surface area contributed by atoms with Crippen molar-refractivity contribution >= 4 is 5.78 Å². The summed E-state index contributed by atoms with van der Waals surface area (Å²) in [6.45, 7) is 6.25. The Morgan fingerprint density at radius 3 is 2.20 bits per heavy atom. The monoisotopic (exact) mass is 414 g/mol. The average molecular weight is 414 g/mol. The molecule has 2 aromatic rings. The van der Waals surface area contributed by atoms with Gasteiger partial charge in [-0.15, -0.1) is 0 Å². The SMILES string of the molecule is COc1ccc(CO[C@H]2[C@H](C)O[C@H](OC(C)C)C(=O)[C@@H]2OCc2ccccc2)cc1. The predicted molar refractivity (Wildman–Crippen MR) is 112 cm³/mol. The lowest BCUT2D eigenvalue weighted by Gasteiger charge is -2.39. The number of carbonyl (C=O) groups excluding carboxylic acids is 1. The number of methoxy groups -OCH3 is 1. The molecule has 1 fully saturated rings. The van der Waals surface area contributed by atoms with Crippen LogP contribution >= 0.6 is 0 Å². The first-order valence-corrected chi connectivity index (χ1v) is 10.2. The number of benzene rings is 2. The van der Waals surface area contributed by atoms with E-state index >= 15 is 0 Å². The first-order valence-electron chi connectivity index (χ1n) is 10.2. The minimum absolute atomic E-state index is 0.141. The lowest BCUT2D eigenvalue weighted by molar-refractivity contribution is -0.253. The van der Waals surface area contributed by atoms with Gasteiger partial charge in [-0.05, 0) is 44.0 Å². The van der Waals surface area contributed by atoms with E-state index in [-0.39, 0.29) is 18.0 Å². The maximum Gasteiger partial charge on any atom is 0.221 e. The molecule has 1 saturated heterocycles. The quantitative estimate of drug-likeness (QED) is 0.620. The molecule has 0 aromatic heterocycles. The number of hydrogen-bond acceptors (Lipinski definition) is 6. The lowest BCUT2D eigenvalue weighted by atomic mass is 10.0. The number of rotatable bonds is 9. The van der Waals surface area contributed by atoms with Crippen LogP contribution in [-0.4, -0.2) is 43.6 Å². The van der Waals surface area contributed by atoms with Crippen LogP contribution in [0.4, 0.5) is 0 Å². The van der Waals surface area contributed by atoms with E-state index in [0.29, 0.717) is 13.2 Å². The normalized spacial score (nSPS) is 24.2. The highest BCUT2D eigenvalue weighted by molar-refractivity contribution is 5.87. The second kappa shape index (κ2) is 10.7. The van der Waals surface area contributed by atoms with Crippen molar-refractivity contribution in [2.45, 2.75) is 64.7 Å². The highest BCUT2D eigenvalue weighted by Gasteiger charge is 2.45. The Kier molecular flexibility index (Phi) is 7.99. The fourth-order valence-corrected chi connectivity index (χ4v) is 3.30. The number of Topliss-reactive ketones (excluding diaryl/α,β-unsaturated/α-hetero) is 1. The molecule has 0 radical (unpaired) electrons. The van der Waals surface area contributed by atoms with Crippen molar-refractivity contribution in [3.63, 3.8) is 0 Å². The molecule has 0 aliphatic carbocycles. The van der Waals surface area contributed by atoms with Gasteiger partial charge in [-0.3, -0.25) is 4.79 Å². The van der Waals surface area contributed by atoms with Gasteiger partial charge in [0.15, 0.2) is 6.10 Å². The van der Waals surface area contributed by atoms with Gasteiger partial charge in [0.1, 0.15) is 11.9 Å². The van der Waals surface area contributed by atoms with Crippen molar-refractivity contribution in [2.24, 2.45) is 0 Å². The van der Waals surface area contributed by atoms with E-state index < -0.39 is 18.5 Å². The van der Waals surface area contributed by atoms with Crippen LogP contribution in [0.15, 0.2) is 54.6 Å². The molecule has 0 unspecified atom stereocenters. The van der Waals surface area contributed by atoms with Gasteiger partial charge in [-0.25, -0.2) is 0 Å². The molecule has 1 aliphatic heterocycles. The number of ketones is 1. The molecule has 6 nitrogen and oxygen atoms in total. The molecular formula is C24H30O6. The Balaban J connectivity index is 1.71. The van der Waals surface area contributed by atoms with Gasteiger partial charge < -0.3 is 23.7 Å². The smallest absolute Gasteiger partial charge is 0.221 e. The van der Waals surface area contributed by atoms with E-state index in [4.69, 9.17) is 23.7 Å². The molecule has 3 rings (SSSR count). The van der Waals surface area contributed by atoms with Gasteiger partial charge in [0.25, 0.3) is 0 Å². The Hall–Kier alpha value is -2.25.